The van der Waals surface area contributed by atoms with Crippen molar-refractivity contribution in [1.29, 1.82) is 0 Å². The number of rotatable bonds is 5. The maximum Gasteiger partial charge on any atom is 0.372 e. The van der Waals surface area contributed by atoms with Crippen LogP contribution in [0.15, 0.2) is 0 Å². The predicted octanol–water partition coefficient (Wildman–Crippen LogP) is 1.61. The fraction of sp³-hybridized carbons (Fsp3) is 1.00. The van der Waals surface area contributed by atoms with Crippen molar-refractivity contribution in [3.05, 3.63) is 0 Å². The fourth-order valence-corrected chi connectivity index (χ4v) is 1.79. The summed E-state index contributed by atoms with van der Waals surface area (Å²) in [4.78, 5) is 0. The minimum atomic E-state index is -5.23. The van der Waals surface area contributed by atoms with Crippen LogP contribution in [-0.4, -0.2) is 59.4 Å². The van der Waals surface area contributed by atoms with Crippen LogP contribution in [0.5, 0.6) is 0 Å². The van der Waals surface area contributed by atoms with Gasteiger partial charge in [-0.1, -0.05) is 27.7 Å². The molecule has 0 aromatic heterocycles. The average Bonchev–Trinajstić information content (AvgIpc) is 2.37. The first-order chi connectivity index (χ1) is 10.7. The lowest BCUT2D eigenvalue weighted by Gasteiger charge is -2.15. The van der Waals surface area contributed by atoms with E-state index in [-0.39, 0.29) is 6.61 Å². The topological polar surface area (TPSA) is 149 Å². The van der Waals surface area contributed by atoms with E-state index in [0.29, 0.717) is 0 Å². The minimum Gasteiger partial charge on any atom is -0.394 e. The van der Waals surface area contributed by atoms with Crippen LogP contribution >= 0.6 is 0 Å². The number of aliphatic hydroxyl groups excluding tert-OH is 2. The molecule has 0 spiro atoms. The third-order valence-electron chi connectivity index (χ3n) is 2.30. The molecule has 0 aliphatic carbocycles. The van der Waals surface area contributed by atoms with Crippen molar-refractivity contribution < 1.29 is 53.7 Å². The molecule has 0 aliphatic rings. The van der Waals surface area contributed by atoms with E-state index in [2.05, 4.69) is 0 Å². The molecule has 0 aromatic rings. The number of halogens is 4. The molecular formula is C11H24F4O8S2. The Labute approximate surface area is 144 Å². The Bertz CT molecular complexity index is 523. The third kappa shape index (κ3) is 10.9. The molecule has 25 heavy (non-hydrogen) atoms. The van der Waals surface area contributed by atoms with Gasteiger partial charge < -0.3 is 10.2 Å². The van der Waals surface area contributed by atoms with E-state index in [1.165, 1.54) is 6.92 Å². The summed E-state index contributed by atoms with van der Waals surface area (Å²) < 4.78 is 104. The predicted molar refractivity (Wildman–Crippen MR) is 81.4 cm³/mol. The molecular weight excluding hydrogens is 400 g/mol. The summed E-state index contributed by atoms with van der Waals surface area (Å²) in [5.74, 6) is -2.83. The Morgan fingerprint density at radius 2 is 0.920 bits per heavy atom. The molecule has 0 rings (SSSR count). The Balaban J connectivity index is -0.000000308. The third-order valence-corrected chi connectivity index (χ3v) is 4.61. The lowest BCUT2D eigenvalue weighted by atomic mass is 10.2. The summed E-state index contributed by atoms with van der Waals surface area (Å²) in [6, 6.07) is 0. The van der Waals surface area contributed by atoms with Gasteiger partial charge in [0, 0.05) is 11.8 Å². The zero-order chi connectivity index (χ0) is 21.4. The molecule has 0 amide bonds. The highest BCUT2D eigenvalue weighted by molar-refractivity contribution is 7.87. The van der Waals surface area contributed by atoms with E-state index in [1.807, 2.05) is 0 Å². The summed E-state index contributed by atoms with van der Waals surface area (Å²) >= 11 is 0. The Morgan fingerprint density at radius 3 is 0.920 bits per heavy atom. The summed E-state index contributed by atoms with van der Waals surface area (Å²) in [7, 11) is -10.5. The Morgan fingerprint density at radius 1 is 0.760 bits per heavy atom. The van der Waals surface area contributed by atoms with Crippen LogP contribution in [0.1, 0.15) is 34.6 Å². The van der Waals surface area contributed by atoms with Crippen LogP contribution in [0.2, 0.25) is 0 Å². The van der Waals surface area contributed by atoms with Gasteiger partial charge in [-0.15, -0.1) is 0 Å². The Kier molecular flexibility index (Phi) is 12.4. The van der Waals surface area contributed by atoms with Gasteiger partial charge in [0.1, 0.15) is 0 Å². The van der Waals surface area contributed by atoms with Crippen LogP contribution in [0, 0.1) is 11.8 Å². The van der Waals surface area contributed by atoms with Gasteiger partial charge in [-0.3, -0.25) is 9.11 Å². The molecule has 0 radical (unpaired) electrons. The lowest BCUT2D eigenvalue weighted by Crippen LogP contribution is -2.33. The maximum atomic E-state index is 12.2. The second-order valence-corrected chi connectivity index (χ2v) is 8.40. The first-order valence-electron chi connectivity index (χ1n) is 6.64. The molecule has 0 heterocycles. The quantitative estimate of drug-likeness (QED) is 0.384. The Hall–Kier alpha value is -0.540. The molecule has 0 saturated heterocycles. The van der Waals surface area contributed by atoms with Crippen LogP contribution < -0.4 is 0 Å². The van der Waals surface area contributed by atoms with Gasteiger partial charge in [0.05, 0.1) is 12.7 Å². The summed E-state index contributed by atoms with van der Waals surface area (Å²) in [5.41, 5.74) is 0. The normalized spacial score (nSPS) is 14.4. The summed E-state index contributed by atoms with van der Waals surface area (Å²) in [5, 5.41) is 7.94. The van der Waals surface area contributed by atoms with Crippen molar-refractivity contribution in [2.75, 3.05) is 6.61 Å². The molecule has 1 atom stereocenters. The van der Waals surface area contributed by atoms with Crippen molar-refractivity contribution in [1.82, 2.24) is 0 Å². The van der Waals surface area contributed by atoms with E-state index in [1.54, 1.807) is 0 Å². The lowest BCUT2D eigenvalue weighted by molar-refractivity contribution is 0.0330. The SMILES string of the molecule is CC(C)C(F)(F)S(=O)(=O)O.CC(C)C(F)(F)S(=O)(=O)O.CC(O)CO. The number of alkyl halides is 4. The highest BCUT2D eigenvalue weighted by Crippen LogP contribution is 2.29. The van der Waals surface area contributed by atoms with Crippen LogP contribution in [0.3, 0.4) is 0 Å². The molecule has 0 aliphatic heterocycles. The maximum absolute atomic E-state index is 12.2. The van der Waals surface area contributed by atoms with Crippen LogP contribution in [-0.2, 0) is 20.2 Å². The van der Waals surface area contributed by atoms with Crippen molar-refractivity contribution >= 4 is 20.2 Å². The summed E-state index contributed by atoms with van der Waals surface area (Å²) in [6.07, 6.45) is -0.560. The van der Waals surface area contributed by atoms with Crippen molar-refractivity contribution in [3.63, 3.8) is 0 Å². The number of hydrogen-bond acceptors (Lipinski definition) is 6. The minimum absolute atomic E-state index is 0.139. The van der Waals surface area contributed by atoms with E-state index in [0.717, 1.165) is 27.7 Å². The zero-order valence-electron chi connectivity index (χ0n) is 14.2. The van der Waals surface area contributed by atoms with Gasteiger partial charge in [-0.05, 0) is 6.92 Å². The molecule has 0 fully saturated rings. The van der Waals surface area contributed by atoms with Crippen molar-refractivity contribution in [2.45, 2.75) is 51.2 Å². The van der Waals surface area contributed by atoms with Gasteiger partial charge in [-0.2, -0.15) is 34.4 Å². The second kappa shape index (κ2) is 10.6. The molecule has 0 saturated carbocycles. The summed E-state index contributed by atoms with van der Waals surface area (Å²) in [6.45, 7) is 5.42. The van der Waals surface area contributed by atoms with Crippen molar-refractivity contribution in [2.24, 2.45) is 11.8 Å². The molecule has 0 bridgehead atoms. The first kappa shape index (κ1) is 29.2. The standard InChI is InChI=1S/2C4H8F2O3S.C3H8O2/c2*1-3(2)4(5,6)10(7,8)9;1-3(5)2-4/h2*3H,1-2H3,(H,7,8,9);3-5H,2H2,1H3. The number of hydrogen-bond donors (Lipinski definition) is 4. The van der Waals surface area contributed by atoms with E-state index in [4.69, 9.17) is 19.3 Å². The van der Waals surface area contributed by atoms with Crippen molar-refractivity contribution in [3.8, 4) is 0 Å². The largest absolute Gasteiger partial charge is 0.394 e. The second-order valence-electron chi connectivity index (χ2n) is 5.41. The molecule has 8 nitrogen and oxygen atoms in total. The first-order valence-corrected chi connectivity index (χ1v) is 9.52. The van der Waals surface area contributed by atoms with E-state index < -0.39 is 48.7 Å². The molecule has 1 unspecified atom stereocenters. The van der Waals surface area contributed by atoms with Gasteiger partial charge in [0.15, 0.2) is 0 Å². The molecule has 0 aromatic carbocycles. The molecule has 14 heteroatoms. The van der Waals surface area contributed by atoms with Gasteiger partial charge in [0.25, 0.3) is 0 Å². The highest BCUT2D eigenvalue weighted by Gasteiger charge is 2.47. The van der Waals surface area contributed by atoms with E-state index in [9.17, 15) is 34.4 Å². The zero-order valence-corrected chi connectivity index (χ0v) is 15.8. The van der Waals surface area contributed by atoms with Gasteiger partial charge in [0.2, 0.25) is 0 Å². The van der Waals surface area contributed by atoms with Crippen LogP contribution in [0.25, 0.3) is 0 Å². The molecule has 4 N–H and O–H groups in total. The van der Waals surface area contributed by atoms with Gasteiger partial charge in [-0.25, -0.2) is 0 Å². The average molecular weight is 424 g/mol. The monoisotopic (exact) mass is 424 g/mol. The number of aliphatic hydroxyl groups is 2. The van der Waals surface area contributed by atoms with Gasteiger partial charge >= 0.3 is 30.7 Å². The molecule has 156 valence electrons. The smallest absolute Gasteiger partial charge is 0.372 e. The fourth-order valence-electron chi connectivity index (χ4n) is 0.596. The van der Waals surface area contributed by atoms with E-state index >= 15 is 0 Å². The highest BCUT2D eigenvalue weighted by atomic mass is 32.2. The van der Waals surface area contributed by atoms with Crippen LogP contribution in [0.4, 0.5) is 17.6 Å².